The number of ether oxygens (including phenoxy) is 2. The third-order valence-electron chi connectivity index (χ3n) is 2.83. The van der Waals surface area contributed by atoms with Gasteiger partial charge in [0.2, 0.25) is 5.91 Å². The molecular weight excluding hydrogens is 302 g/mol. The van der Waals surface area contributed by atoms with Crippen LogP contribution in [-0.4, -0.2) is 31.3 Å². The molecule has 2 aromatic rings. The Bertz CT molecular complexity index is 682. The zero-order chi connectivity index (χ0) is 15.9. The number of carbonyl (C=O) groups is 1. The van der Waals surface area contributed by atoms with Crippen LogP contribution in [-0.2, 0) is 11.2 Å². The van der Waals surface area contributed by atoms with Crippen LogP contribution in [0.15, 0.2) is 28.7 Å². The van der Waals surface area contributed by atoms with Crippen LogP contribution in [0.1, 0.15) is 16.3 Å². The van der Waals surface area contributed by atoms with E-state index in [-0.39, 0.29) is 12.3 Å². The minimum atomic E-state index is -0.219. The van der Waals surface area contributed by atoms with Gasteiger partial charge in [0.25, 0.3) is 0 Å². The van der Waals surface area contributed by atoms with Gasteiger partial charge in [-0.1, -0.05) is 6.07 Å². The van der Waals surface area contributed by atoms with Gasteiger partial charge in [-0.15, -0.1) is 11.3 Å². The number of hydrogen-bond donors (Lipinski definition) is 1. The molecule has 1 N–H and O–H groups in total. The summed E-state index contributed by atoms with van der Waals surface area (Å²) in [6.07, 6.45) is 1.72. The van der Waals surface area contributed by atoms with Crippen molar-refractivity contribution < 1.29 is 14.3 Å². The standard InChI is InChI=1S/C15H17N3O3S/c1-10-17-12(9-22-10)7-14(19)18-16-8-11-5-4-6-13(20-2)15(11)21-3/h4-6,8-9H,7H2,1-3H3,(H,18,19)/b16-8-. The van der Waals surface area contributed by atoms with E-state index in [9.17, 15) is 4.79 Å². The van der Waals surface area contributed by atoms with Crippen LogP contribution in [0.5, 0.6) is 11.5 Å². The van der Waals surface area contributed by atoms with Crippen LogP contribution < -0.4 is 14.9 Å². The molecule has 0 bridgehead atoms. The Labute approximate surface area is 132 Å². The number of benzene rings is 1. The van der Waals surface area contributed by atoms with Gasteiger partial charge in [0.15, 0.2) is 11.5 Å². The molecule has 116 valence electrons. The highest BCUT2D eigenvalue weighted by molar-refractivity contribution is 7.09. The number of nitrogens with one attached hydrogen (secondary N) is 1. The lowest BCUT2D eigenvalue weighted by Crippen LogP contribution is -2.20. The van der Waals surface area contributed by atoms with Crippen molar-refractivity contribution in [3.63, 3.8) is 0 Å². The molecule has 2 rings (SSSR count). The monoisotopic (exact) mass is 319 g/mol. The highest BCUT2D eigenvalue weighted by Gasteiger charge is 2.08. The summed E-state index contributed by atoms with van der Waals surface area (Å²) >= 11 is 1.52. The van der Waals surface area contributed by atoms with Gasteiger partial charge in [-0.05, 0) is 19.1 Å². The molecule has 1 aromatic heterocycles. The first-order valence-corrected chi connectivity index (χ1v) is 7.46. The number of para-hydroxylation sites is 1. The zero-order valence-corrected chi connectivity index (χ0v) is 13.4. The van der Waals surface area contributed by atoms with Gasteiger partial charge in [0.1, 0.15) is 0 Å². The molecule has 0 atom stereocenters. The fraction of sp³-hybridized carbons (Fsp3) is 0.267. The van der Waals surface area contributed by atoms with E-state index in [1.54, 1.807) is 20.3 Å². The molecule has 1 heterocycles. The SMILES string of the molecule is COc1cccc(/C=N\NC(=O)Cc2csc(C)n2)c1OC. The number of aromatic nitrogens is 1. The number of nitrogens with zero attached hydrogens (tertiary/aromatic N) is 2. The predicted molar refractivity (Wildman–Crippen MR) is 85.8 cm³/mol. The summed E-state index contributed by atoms with van der Waals surface area (Å²) in [7, 11) is 3.12. The van der Waals surface area contributed by atoms with E-state index < -0.39 is 0 Å². The summed E-state index contributed by atoms with van der Waals surface area (Å²) in [5, 5.41) is 6.75. The minimum absolute atomic E-state index is 0.205. The van der Waals surface area contributed by atoms with Crippen LogP contribution >= 0.6 is 11.3 Å². The quantitative estimate of drug-likeness (QED) is 0.654. The summed E-state index contributed by atoms with van der Waals surface area (Å²) in [5.74, 6) is 0.956. The molecule has 6 nitrogen and oxygen atoms in total. The number of hydrazone groups is 1. The summed E-state index contributed by atoms with van der Waals surface area (Å²) in [6.45, 7) is 1.90. The molecule has 1 amide bonds. The van der Waals surface area contributed by atoms with E-state index in [4.69, 9.17) is 9.47 Å². The average Bonchev–Trinajstić information content (AvgIpc) is 2.91. The maximum atomic E-state index is 11.8. The Morgan fingerprint density at radius 2 is 2.23 bits per heavy atom. The summed E-state index contributed by atoms with van der Waals surface area (Å²) < 4.78 is 10.5. The summed E-state index contributed by atoms with van der Waals surface area (Å²) in [5.41, 5.74) is 3.94. The first-order chi connectivity index (χ1) is 10.6. The van der Waals surface area contributed by atoms with Gasteiger partial charge in [0, 0.05) is 10.9 Å². The highest BCUT2D eigenvalue weighted by atomic mass is 32.1. The number of thiazole rings is 1. The van der Waals surface area contributed by atoms with Crippen LogP contribution in [0.4, 0.5) is 0 Å². The molecule has 7 heteroatoms. The third kappa shape index (κ3) is 4.05. The van der Waals surface area contributed by atoms with E-state index in [1.807, 2.05) is 24.4 Å². The van der Waals surface area contributed by atoms with Gasteiger partial charge in [-0.2, -0.15) is 5.10 Å². The smallest absolute Gasteiger partial charge is 0.246 e. The molecular formula is C15H17N3O3S. The lowest BCUT2D eigenvalue weighted by Gasteiger charge is -2.09. The zero-order valence-electron chi connectivity index (χ0n) is 12.6. The van der Waals surface area contributed by atoms with Gasteiger partial charge >= 0.3 is 0 Å². The number of aryl methyl sites for hydroxylation is 1. The molecule has 0 radical (unpaired) electrons. The van der Waals surface area contributed by atoms with Crippen LogP contribution in [0, 0.1) is 6.92 Å². The second-order valence-electron chi connectivity index (χ2n) is 4.41. The maximum Gasteiger partial charge on any atom is 0.246 e. The molecule has 1 aromatic carbocycles. The molecule has 0 fully saturated rings. The van der Waals surface area contributed by atoms with Crippen molar-refractivity contribution >= 4 is 23.5 Å². The van der Waals surface area contributed by atoms with Crippen molar-refractivity contribution in [2.75, 3.05) is 14.2 Å². The molecule has 0 aliphatic rings. The molecule has 0 aliphatic heterocycles. The Kier molecular flexibility index (Phi) is 5.48. The Morgan fingerprint density at radius 1 is 1.41 bits per heavy atom. The Morgan fingerprint density at radius 3 is 2.86 bits per heavy atom. The molecule has 0 aliphatic carbocycles. The van der Waals surface area contributed by atoms with Crippen LogP contribution in [0.25, 0.3) is 0 Å². The van der Waals surface area contributed by atoms with Gasteiger partial charge < -0.3 is 9.47 Å². The fourth-order valence-corrected chi connectivity index (χ4v) is 2.49. The van der Waals surface area contributed by atoms with Gasteiger partial charge in [-0.25, -0.2) is 10.4 Å². The second-order valence-corrected chi connectivity index (χ2v) is 5.47. The van der Waals surface area contributed by atoms with Crippen LogP contribution in [0.3, 0.4) is 0 Å². The normalized spacial score (nSPS) is 10.7. The maximum absolute atomic E-state index is 11.8. The second kappa shape index (κ2) is 7.56. The number of hydrogen-bond acceptors (Lipinski definition) is 6. The number of carbonyl (C=O) groups excluding carboxylic acids is 1. The Balaban J connectivity index is 1.99. The minimum Gasteiger partial charge on any atom is -0.493 e. The summed E-state index contributed by atoms with van der Waals surface area (Å²) in [4.78, 5) is 16.0. The topological polar surface area (TPSA) is 72.8 Å². The lowest BCUT2D eigenvalue weighted by molar-refractivity contribution is -0.120. The molecule has 0 spiro atoms. The van der Waals surface area contributed by atoms with E-state index in [0.29, 0.717) is 17.1 Å². The largest absolute Gasteiger partial charge is 0.493 e. The molecule has 0 unspecified atom stereocenters. The van der Waals surface area contributed by atoms with E-state index in [1.165, 1.54) is 17.6 Å². The predicted octanol–water partition coefficient (Wildman–Crippen LogP) is 2.16. The molecule has 0 saturated carbocycles. The van der Waals surface area contributed by atoms with E-state index in [0.717, 1.165) is 10.7 Å². The Hall–Kier alpha value is -2.41. The average molecular weight is 319 g/mol. The lowest BCUT2D eigenvalue weighted by atomic mass is 10.2. The van der Waals surface area contributed by atoms with Gasteiger partial charge in [0.05, 0.1) is 37.6 Å². The first kappa shape index (κ1) is 16.0. The fourth-order valence-electron chi connectivity index (χ4n) is 1.88. The van der Waals surface area contributed by atoms with Crippen LogP contribution in [0.2, 0.25) is 0 Å². The van der Waals surface area contributed by atoms with Crippen molar-refractivity contribution in [3.05, 3.63) is 39.8 Å². The first-order valence-electron chi connectivity index (χ1n) is 6.58. The van der Waals surface area contributed by atoms with Crippen molar-refractivity contribution in [1.82, 2.24) is 10.4 Å². The molecule has 22 heavy (non-hydrogen) atoms. The van der Waals surface area contributed by atoms with E-state index >= 15 is 0 Å². The van der Waals surface area contributed by atoms with Crippen molar-refractivity contribution in [1.29, 1.82) is 0 Å². The molecule has 0 saturated heterocycles. The third-order valence-corrected chi connectivity index (χ3v) is 3.66. The number of amides is 1. The van der Waals surface area contributed by atoms with Gasteiger partial charge in [-0.3, -0.25) is 4.79 Å². The number of rotatable bonds is 6. The summed E-state index contributed by atoms with van der Waals surface area (Å²) in [6, 6.07) is 5.43. The van der Waals surface area contributed by atoms with Crippen molar-refractivity contribution in [2.24, 2.45) is 5.10 Å². The van der Waals surface area contributed by atoms with E-state index in [2.05, 4.69) is 15.5 Å². The number of methoxy groups -OCH3 is 2. The highest BCUT2D eigenvalue weighted by Crippen LogP contribution is 2.29. The van der Waals surface area contributed by atoms with Crippen molar-refractivity contribution in [3.8, 4) is 11.5 Å². The van der Waals surface area contributed by atoms with Crippen molar-refractivity contribution in [2.45, 2.75) is 13.3 Å².